The second kappa shape index (κ2) is 10.1. The maximum atomic E-state index is 2.52. The lowest BCUT2D eigenvalue weighted by atomic mass is 10.1. The molecule has 0 amide bonds. The van der Waals surface area contributed by atoms with Crippen molar-refractivity contribution in [2.45, 2.75) is 23.1 Å². The molecule has 4 aromatic carbocycles. The van der Waals surface area contributed by atoms with Gasteiger partial charge in [0.2, 0.25) is 0 Å². The van der Waals surface area contributed by atoms with Crippen LogP contribution in [0.25, 0.3) is 0 Å². The molecular weight excluding hydrogens is 455 g/mol. The average molecular weight is 486 g/mol. The first-order valence-corrected chi connectivity index (χ1v) is 15.5. The van der Waals surface area contributed by atoms with E-state index >= 15 is 0 Å². The molecule has 1 atom stereocenters. The summed E-state index contributed by atoms with van der Waals surface area (Å²) in [5.41, 5.74) is 1.81. The van der Waals surface area contributed by atoms with Crippen LogP contribution < -0.4 is 15.9 Å². The Kier molecular flexibility index (Phi) is 6.97. The maximum Gasteiger partial charge on any atom is 0.132 e. The van der Waals surface area contributed by atoms with Gasteiger partial charge >= 0.3 is 0 Å². The molecule has 1 saturated heterocycles. The van der Waals surface area contributed by atoms with Gasteiger partial charge in [-0.05, 0) is 66.8 Å². The highest BCUT2D eigenvalue weighted by atomic mass is 32.2. The van der Waals surface area contributed by atoms with Crippen LogP contribution in [0, 0.1) is 0 Å². The summed E-state index contributed by atoms with van der Waals surface area (Å²) in [6.07, 6.45) is 1.29. The first-order chi connectivity index (χ1) is 16.2. The summed E-state index contributed by atoms with van der Waals surface area (Å²) in [5, 5.41) is 4.39. The highest BCUT2D eigenvalue weighted by Gasteiger charge is 2.60. The predicted octanol–water partition coefficient (Wildman–Crippen LogP) is 7.31. The third-order valence-corrected chi connectivity index (χ3v) is 15.1. The molecule has 1 aliphatic rings. The van der Waals surface area contributed by atoms with E-state index < -0.39 is 7.26 Å². The van der Waals surface area contributed by atoms with Crippen LogP contribution in [-0.2, 0) is 0 Å². The summed E-state index contributed by atoms with van der Waals surface area (Å²) in [4.78, 5) is 0. The first kappa shape index (κ1) is 22.8. The second-order valence-corrected chi connectivity index (χ2v) is 15.5. The van der Waals surface area contributed by atoms with Crippen molar-refractivity contribution < 1.29 is 0 Å². The Morgan fingerprint density at radius 1 is 0.576 bits per heavy atom. The third kappa shape index (κ3) is 4.30. The molecule has 166 valence electrons. The number of thioether (sulfide) groups is 2. The molecular formula is C30H30PS2+. The number of rotatable bonds is 6. The van der Waals surface area contributed by atoms with Crippen LogP contribution in [0.15, 0.2) is 121 Å². The van der Waals surface area contributed by atoms with E-state index in [1.54, 1.807) is 0 Å². The molecule has 0 nitrogen and oxygen atoms in total. The smallest absolute Gasteiger partial charge is 0.132 e. The topological polar surface area (TPSA) is 0 Å². The van der Waals surface area contributed by atoms with Gasteiger partial charge in [-0.15, -0.1) is 23.5 Å². The number of benzene rings is 4. The van der Waals surface area contributed by atoms with Crippen LogP contribution in [0.1, 0.15) is 24.6 Å². The van der Waals surface area contributed by atoms with Gasteiger partial charge in [0, 0.05) is 0 Å². The quantitative estimate of drug-likeness (QED) is 0.263. The van der Waals surface area contributed by atoms with Gasteiger partial charge in [0.05, 0.1) is 4.08 Å². The molecule has 1 unspecified atom stereocenters. The summed E-state index contributed by atoms with van der Waals surface area (Å²) >= 11 is 4.34. The SMILES string of the molecule is CC1(C(c2ccccc2)[P+](c2ccccc2)(c2ccccc2)c2ccccc2)SCCCS1. The Bertz CT molecular complexity index is 1040. The molecule has 1 heterocycles. The van der Waals surface area contributed by atoms with E-state index in [0.717, 1.165) is 0 Å². The van der Waals surface area contributed by atoms with E-state index in [1.807, 2.05) is 0 Å². The van der Waals surface area contributed by atoms with E-state index in [4.69, 9.17) is 0 Å². The zero-order chi connectivity index (χ0) is 22.6. The van der Waals surface area contributed by atoms with Gasteiger partial charge in [0.1, 0.15) is 28.8 Å². The van der Waals surface area contributed by atoms with Crippen molar-refractivity contribution in [2.24, 2.45) is 0 Å². The van der Waals surface area contributed by atoms with Crippen molar-refractivity contribution in [3.05, 3.63) is 127 Å². The highest BCUT2D eigenvalue weighted by Crippen LogP contribution is 2.74. The van der Waals surface area contributed by atoms with Crippen LogP contribution in [-0.4, -0.2) is 15.6 Å². The molecule has 0 saturated carbocycles. The Hall–Kier alpha value is -1.99. The fourth-order valence-corrected chi connectivity index (χ4v) is 14.6. The van der Waals surface area contributed by atoms with Gasteiger partial charge in [-0.25, -0.2) is 0 Å². The van der Waals surface area contributed by atoms with Crippen molar-refractivity contribution >= 4 is 46.7 Å². The molecule has 0 spiro atoms. The minimum absolute atomic E-state index is 0.0783. The van der Waals surface area contributed by atoms with Crippen LogP contribution in [0.5, 0.6) is 0 Å². The molecule has 1 fully saturated rings. The van der Waals surface area contributed by atoms with E-state index in [9.17, 15) is 0 Å². The lowest BCUT2D eigenvalue weighted by molar-refractivity contribution is 0.829. The molecule has 4 aromatic rings. The predicted molar refractivity (Wildman–Crippen MR) is 152 cm³/mol. The molecule has 0 N–H and O–H groups in total. The lowest BCUT2D eigenvalue weighted by Gasteiger charge is -2.45. The van der Waals surface area contributed by atoms with E-state index in [-0.39, 0.29) is 4.08 Å². The molecule has 0 radical (unpaired) electrons. The zero-order valence-corrected chi connectivity index (χ0v) is 21.5. The van der Waals surface area contributed by atoms with Crippen LogP contribution in [0.2, 0.25) is 0 Å². The molecule has 33 heavy (non-hydrogen) atoms. The minimum Gasteiger partial charge on any atom is -0.140 e. The van der Waals surface area contributed by atoms with Gasteiger partial charge in [-0.2, -0.15) is 0 Å². The summed E-state index contributed by atoms with van der Waals surface area (Å²) in [5.74, 6) is 2.45. The normalized spacial score (nSPS) is 16.8. The van der Waals surface area contributed by atoms with Gasteiger partial charge in [0.25, 0.3) is 0 Å². The van der Waals surface area contributed by atoms with Crippen molar-refractivity contribution in [3.63, 3.8) is 0 Å². The molecule has 3 heteroatoms. The molecule has 0 aromatic heterocycles. The standard InChI is InChI=1S/C30H30PS2/c1-30(32-23-14-24-33-30)29(25-15-6-2-7-16-25)31(26-17-8-3-9-18-26,27-19-10-4-11-20-27)28-21-12-5-13-22-28/h2-13,15-22,29H,14,23-24H2,1H3/q+1. The Morgan fingerprint density at radius 2 is 0.939 bits per heavy atom. The molecule has 0 aliphatic carbocycles. The summed E-state index contributed by atoms with van der Waals surface area (Å²) in [6.45, 7) is 2.52. The van der Waals surface area contributed by atoms with Crippen molar-refractivity contribution in [3.8, 4) is 0 Å². The van der Waals surface area contributed by atoms with Gasteiger partial charge in [-0.3, -0.25) is 0 Å². The number of hydrogen-bond donors (Lipinski definition) is 0. The summed E-state index contributed by atoms with van der Waals surface area (Å²) in [7, 11) is -2.06. The van der Waals surface area contributed by atoms with Gasteiger partial charge in [0.15, 0.2) is 0 Å². The second-order valence-electron chi connectivity index (χ2n) is 8.61. The van der Waals surface area contributed by atoms with Crippen molar-refractivity contribution in [2.75, 3.05) is 11.5 Å². The Labute approximate surface area is 207 Å². The van der Waals surface area contributed by atoms with E-state index in [1.165, 1.54) is 39.4 Å². The van der Waals surface area contributed by atoms with Crippen molar-refractivity contribution in [1.82, 2.24) is 0 Å². The largest absolute Gasteiger partial charge is 0.140 e. The summed E-state index contributed by atoms with van der Waals surface area (Å²) < 4.78 is 0.0783. The minimum atomic E-state index is -2.06. The Morgan fingerprint density at radius 3 is 1.33 bits per heavy atom. The zero-order valence-electron chi connectivity index (χ0n) is 19.0. The van der Waals surface area contributed by atoms with E-state index in [0.29, 0.717) is 5.66 Å². The molecule has 1 aliphatic heterocycles. The van der Waals surface area contributed by atoms with Crippen molar-refractivity contribution in [1.29, 1.82) is 0 Å². The fraction of sp³-hybridized carbons (Fsp3) is 0.200. The van der Waals surface area contributed by atoms with Gasteiger partial charge < -0.3 is 0 Å². The molecule has 5 rings (SSSR count). The van der Waals surface area contributed by atoms with Gasteiger partial charge in [-0.1, -0.05) is 84.9 Å². The maximum absolute atomic E-state index is 2.52. The van der Waals surface area contributed by atoms with E-state index in [2.05, 4.69) is 152 Å². The summed E-state index contributed by atoms with van der Waals surface area (Å²) in [6, 6.07) is 45.4. The average Bonchev–Trinajstić information content (AvgIpc) is 2.89. The number of hydrogen-bond acceptors (Lipinski definition) is 2. The third-order valence-electron chi connectivity index (χ3n) is 6.56. The lowest BCUT2D eigenvalue weighted by Crippen LogP contribution is -2.43. The molecule has 0 bridgehead atoms. The first-order valence-electron chi connectivity index (χ1n) is 11.6. The fourth-order valence-electron chi connectivity index (χ4n) is 5.21. The van der Waals surface area contributed by atoms with Crippen LogP contribution in [0.3, 0.4) is 0 Å². The Balaban J connectivity index is 1.91. The van der Waals surface area contributed by atoms with Crippen LogP contribution in [0.4, 0.5) is 0 Å². The van der Waals surface area contributed by atoms with Crippen LogP contribution >= 0.6 is 30.8 Å². The monoisotopic (exact) mass is 485 g/mol. The highest BCUT2D eigenvalue weighted by molar-refractivity contribution is 8.19.